The Labute approximate surface area is 238 Å². The van der Waals surface area contributed by atoms with Gasteiger partial charge < -0.3 is 5.32 Å². The van der Waals surface area contributed by atoms with Crippen molar-refractivity contribution in [2.75, 3.05) is 16.9 Å². The minimum absolute atomic E-state index is 0.120. The molecule has 1 amide bonds. The SMILES string of the molecule is O=C(/C=C/c1c(Cl)cccc1Cl)[C@H]1[C@H](c2c(Cl)cccc2Cl)[C@H]2CSCN2[C@]12C(=O)Nc1ccccc12. The molecule has 0 bridgehead atoms. The van der Waals surface area contributed by atoms with E-state index < -0.39 is 17.4 Å². The molecule has 4 nitrogen and oxygen atoms in total. The van der Waals surface area contributed by atoms with Gasteiger partial charge in [-0.2, -0.15) is 0 Å². The van der Waals surface area contributed by atoms with Crippen LogP contribution in [-0.4, -0.2) is 34.3 Å². The molecule has 3 aromatic rings. The number of benzene rings is 3. The second-order valence-corrected chi connectivity index (χ2v) is 11.9. The number of carbonyl (C=O) groups is 2. The van der Waals surface area contributed by atoms with Crippen molar-refractivity contribution in [3.63, 3.8) is 0 Å². The molecule has 1 spiro atoms. The molecule has 4 atom stereocenters. The van der Waals surface area contributed by atoms with Gasteiger partial charge in [0, 0.05) is 60.5 Å². The fourth-order valence-corrected chi connectivity index (χ4v) is 8.65. The maximum Gasteiger partial charge on any atom is 0.250 e. The lowest BCUT2D eigenvalue weighted by atomic mass is 9.70. The third-order valence-corrected chi connectivity index (χ3v) is 9.94. The average molecular weight is 590 g/mol. The van der Waals surface area contributed by atoms with Gasteiger partial charge in [0.05, 0.1) is 5.92 Å². The maximum absolute atomic E-state index is 14.3. The monoisotopic (exact) mass is 588 g/mol. The van der Waals surface area contributed by atoms with Crippen LogP contribution in [0.25, 0.3) is 6.08 Å². The topological polar surface area (TPSA) is 49.4 Å². The van der Waals surface area contributed by atoms with E-state index in [0.29, 0.717) is 42.8 Å². The van der Waals surface area contributed by atoms with E-state index in [1.807, 2.05) is 24.3 Å². The van der Waals surface area contributed by atoms with Gasteiger partial charge in [-0.15, -0.1) is 11.8 Å². The predicted molar refractivity (Wildman–Crippen MR) is 153 cm³/mol. The van der Waals surface area contributed by atoms with E-state index in [4.69, 9.17) is 46.4 Å². The summed E-state index contributed by atoms with van der Waals surface area (Å²) in [5, 5.41) is 4.88. The van der Waals surface area contributed by atoms with Gasteiger partial charge in [0.1, 0.15) is 5.54 Å². The molecule has 0 radical (unpaired) electrons. The normalized spacial score (nSPS) is 26.6. The van der Waals surface area contributed by atoms with Crippen LogP contribution in [0, 0.1) is 5.92 Å². The fraction of sp³-hybridized carbons (Fsp3) is 0.214. The van der Waals surface area contributed by atoms with Crippen molar-refractivity contribution in [2.24, 2.45) is 5.92 Å². The van der Waals surface area contributed by atoms with E-state index in [0.717, 1.165) is 11.3 Å². The van der Waals surface area contributed by atoms with Gasteiger partial charge in [0.25, 0.3) is 0 Å². The summed E-state index contributed by atoms with van der Waals surface area (Å²) in [6.07, 6.45) is 3.11. The van der Waals surface area contributed by atoms with E-state index in [1.165, 1.54) is 6.08 Å². The number of amides is 1. The maximum atomic E-state index is 14.3. The lowest BCUT2D eigenvalue weighted by molar-refractivity contribution is -0.134. The Balaban J connectivity index is 1.58. The highest BCUT2D eigenvalue weighted by Crippen LogP contribution is 2.62. The molecule has 0 saturated carbocycles. The summed E-state index contributed by atoms with van der Waals surface area (Å²) in [6, 6.07) is 18.0. The number of allylic oxidation sites excluding steroid dienone is 1. The smallest absolute Gasteiger partial charge is 0.250 e. The van der Waals surface area contributed by atoms with Crippen LogP contribution in [0.4, 0.5) is 5.69 Å². The van der Waals surface area contributed by atoms with Crippen molar-refractivity contribution < 1.29 is 9.59 Å². The Morgan fingerprint density at radius 3 is 2.30 bits per heavy atom. The third-order valence-electron chi connectivity index (χ3n) is 7.58. The Morgan fingerprint density at radius 1 is 0.946 bits per heavy atom. The first-order valence-electron chi connectivity index (χ1n) is 11.7. The lowest BCUT2D eigenvalue weighted by Gasteiger charge is -2.36. The van der Waals surface area contributed by atoms with Gasteiger partial charge in [-0.1, -0.05) is 76.7 Å². The van der Waals surface area contributed by atoms with Crippen LogP contribution in [0.1, 0.15) is 22.6 Å². The Hall–Kier alpha value is -1.99. The average Bonchev–Trinajstić information content (AvgIpc) is 3.53. The largest absolute Gasteiger partial charge is 0.324 e. The van der Waals surface area contributed by atoms with Crippen molar-refractivity contribution in [3.8, 4) is 0 Å². The number of hydrogen-bond donors (Lipinski definition) is 1. The quantitative estimate of drug-likeness (QED) is 0.320. The number of fused-ring (bicyclic) bond motifs is 4. The van der Waals surface area contributed by atoms with Crippen molar-refractivity contribution in [1.29, 1.82) is 0 Å². The highest BCUT2D eigenvalue weighted by molar-refractivity contribution is 7.99. The van der Waals surface area contributed by atoms with E-state index in [-0.39, 0.29) is 17.7 Å². The number of para-hydroxylation sites is 1. The molecule has 0 unspecified atom stereocenters. The molecule has 3 aliphatic heterocycles. The number of nitrogens with one attached hydrogen (secondary N) is 1. The van der Waals surface area contributed by atoms with Crippen LogP contribution in [0.5, 0.6) is 0 Å². The van der Waals surface area contributed by atoms with Crippen LogP contribution < -0.4 is 5.32 Å². The standard InChI is InChI=1S/C28H20Cl4N2O2S/c29-17-6-3-7-18(30)15(17)11-12-23(35)26-25(24-19(31)8-4-9-20(24)32)22-13-37-14-34(22)28(26)16-5-1-2-10-21(16)33-27(28)36/h1-12,22,25-26H,13-14H2,(H,33,36)/b12-11+/t22-,25+,26+,28+/m1/s1. The van der Waals surface area contributed by atoms with Gasteiger partial charge in [-0.3, -0.25) is 14.5 Å². The lowest BCUT2D eigenvalue weighted by Crippen LogP contribution is -2.52. The number of carbonyl (C=O) groups excluding carboxylic acids is 2. The number of anilines is 1. The zero-order valence-electron chi connectivity index (χ0n) is 19.3. The number of ketones is 1. The van der Waals surface area contributed by atoms with E-state index >= 15 is 0 Å². The predicted octanol–water partition coefficient (Wildman–Crippen LogP) is 7.52. The summed E-state index contributed by atoms with van der Waals surface area (Å²) >= 11 is 28.0. The van der Waals surface area contributed by atoms with Crippen LogP contribution in [0.3, 0.4) is 0 Å². The highest BCUT2D eigenvalue weighted by Gasteiger charge is 2.69. The van der Waals surface area contributed by atoms with E-state index in [2.05, 4.69) is 10.2 Å². The molecular formula is C28H20Cl4N2O2S. The summed E-state index contributed by atoms with van der Waals surface area (Å²) in [5.41, 5.74) is 1.54. The first-order chi connectivity index (χ1) is 17.9. The Kier molecular flexibility index (Phi) is 6.59. The fourth-order valence-electron chi connectivity index (χ4n) is 6.15. The number of hydrogen-bond acceptors (Lipinski definition) is 4. The molecule has 9 heteroatoms. The van der Waals surface area contributed by atoms with Crippen molar-refractivity contribution in [1.82, 2.24) is 4.90 Å². The molecule has 2 saturated heterocycles. The summed E-state index contributed by atoms with van der Waals surface area (Å²) in [4.78, 5) is 30.5. The molecular weight excluding hydrogens is 570 g/mol. The third kappa shape index (κ3) is 3.78. The molecule has 37 heavy (non-hydrogen) atoms. The molecule has 0 aromatic heterocycles. The van der Waals surface area contributed by atoms with Gasteiger partial charge in [-0.05, 0) is 48.0 Å². The number of thioether (sulfide) groups is 1. The summed E-state index contributed by atoms with van der Waals surface area (Å²) in [6.45, 7) is 0. The Bertz CT molecular complexity index is 1440. The Morgan fingerprint density at radius 2 is 1.59 bits per heavy atom. The molecule has 188 valence electrons. The van der Waals surface area contributed by atoms with Crippen molar-refractivity contribution in [3.05, 3.63) is 104 Å². The zero-order chi connectivity index (χ0) is 25.9. The summed E-state index contributed by atoms with van der Waals surface area (Å²) in [7, 11) is 0. The van der Waals surface area contributed by atoms with Crippen LogP contribution in [0.15, 0.2) is 66.7 Å². The highest BCUT2D eigenvalue weighted by atomic mass is 35.5. The van der Waals surface area contributed by atoms with Gasteiger partial charge >= 0.3 is 0 Å². The van der Waals surface area contributed by atoms with Crippen LogP contribution in [0.2, 0.25) is 20.1 Å². The second-order valence-electron chi connectivity index (χ2n) is 9.31. The number of rotatable bonds is 4. The molecule has 3 heterocycles. The molecule has 3 aromatic carbocycles. The van der Waals surface area contributed by atoms with E-state index in [1.54, 1.807) is 54.2 Å². The molecule has 2 fully saturated rings. The van der Waals surface area contributed by atoms with Crippen molar-refractivity contribution in [2.45, 2.75) is 17.5 Å². The summed E-state index contributed by atoms with van der Waals surface area (Å²) < 4.78 is 0. The number of nitrogens with zero attached hydrogens (tertiary/aromatic N) is 1. The molecule has 6 rings (SSSR count). The molecule has 1 N–H and O–H groups in total. The molecule has 0 aliphatic carbocycles. The van der Waals surface area contributed by atoms with Crippen molar-refractivity contribution >= 4 is 81.6 Å². The van der Waals surface area contributed by atoms with Crippen LogP contribution in [-0.2, 0) is 15.1 Å². The van der Waals surface area contributed by atoms with Crippen LogP contribution >= 0.6 is 58.2 Å². The second kappa shape index (κ2) is 9.64. The minimum Gasteiger partial charge on any atom is -0.324 e. The number of halogens is 4. The van der Waals surface area contributed by atoms with Gasteiger partial charge in [0.15, 0.2) is 5.78 Å². The van der Waals surface area contributed by atoms with E-state index in [9.17, 15) is 9.59 Å². The van der Waals surface area contributed by atoms with Gasteiger partial charge in [-0.25, -0.2) is 0 Å². The molecule has 3 aliphatic rings. The first-order valence-corrected chi connectivity index (χ1v) is 14.4. The zero-order valence-corrected chi connectivity index (χ0v) is 23.1. The minimum atomic E-state index is -1.20. The van der Waals surface area contributed by atoms with Gasteiger partial charge in [0.2, 0.25) is 5.91 Å². The first kappa shape index (κ1) is 25.3. The summed E-state index contributed by atoms with van der Waals surface area (Å²) in [5.74, 6) is -0.274.